The van der Waals surface area contributed by atoms with Crippen LogP contribution in [0.5, 0.6) is 11.5 Å². The summed E-state index contributed by atoms with van der Waals surface area (Å²) in [5.74, 6) is -0.479. The molecular weight excluding hydrogens is 528 g/mol. The van der Waals surface area contributed by atoms with E-state index in [2.05, 4.69) is 42.4 Å². The van der Waals surface area contributed by atoms with E-state index in [0.29, 0.717) is 32.2 Å². The van der Waals surface area contributed by atoms with Crippen molar-refractivity contribution < 1.29 is 19.7 Å². The van der Waals surface area contributed by atoms with Gasteiger partial charge in [0.2, 0.25) is 0 Å². The summed E-state index contributed by atoms with van der Waals surface area (Å²) in [5, 5.41) is 25.6. The predicted molar refractivity (Wildman–Crippen MR) is 126 cm³/mol. The van der Waals surface area contributed by atoms with Crippen molar-refractivity contribution in [1.29, 1.82) is 0 Å². The predicted octanol–water partition coefficient (Wildman–Crippen LogP) is 4.70. The van der Waals surface area contributed by atoms with Crippen LogP contribution in [0, 0.1) is 0 Å². The number of carbonyl (C=O) groups excluding carboxylic acids is 1. The van der Waals surface area contributed by atoms with Gasteiger partial charge in [-0.3, -0.25) is 4.79 Å². The minimum absolute atomic E-state index is 0.0440. The number of aliphatic hydroxyl groups is 1. The highest BCUT2D eigenvalue weighted by molar-refractivity contribution is 9.13. The van der Waals surface area contributed by atoms with Crippen LogP contribution in [0.2, 0.25) is 0 Å². The van der Waals surface area contributed by atoms with E-state index in [-0.39, 0.29) is 11.5 Å². The van der Waals surface area contributed by atoms with Crippen molar-refractivity contribution in [2.45, 2.75) is 12.5 Å². The van der Waals surface area contributed by atoms with Crippen molar-refractivity contribution in [3.63, 3.8) is 0 Å². The van der Waals surface area contributed by atoms with E-state index in [9.17, 15) is 15.0 Å². The molecular formula is C23H20Br2N2O4. The molecule has 0 heterocycles. The van der Waals surface area contributed by atoms with Gasteiger partial charge in [-0.2, -0.15) is 5.10 Å². The molecule has 0 saturated carbocycles. The highest BCUT2D eigenvalue weighted by atomic mass is 79.9. The minimum atomic E-state index is -1.93. The molecule has 31 heavy (non-hydrogen) atoms. The van der Waals surface area contributed by atoms with E-state index in [0.717, 1.165) is 0 Å². The van der Waals surface area contributed by atoms with Crippen LogP contribution < -0.4 is 10.2 Å². The van der Waals surface area contributed by atoms with E-state index >= 15 is 0 Å². The van der Waals surface area contributed by atoms with E-state index in [1.54, 1.807) is 73.7 Å². The van der Waals surface area contributed by atoms with E-state index < -0.39 is 11.5 Å². The Morgan fingerprint density at radius 3 is 2.13 bits per heavy atom. The van der Waals surface area contributed by atoms with Crippen molar-refractivity contribution >= 4 is 44.0 Å². The summed E-state index contributed by atoms with van der Waals surface area (Å²) in [6.07, 6.45) is 1.39. The summed E-state index contributed by atoms with van der Waals surface area (Å²) in [7, 11) is 0. The second-order valence-electron chi connectivity index (χ2n) is 6.52. The molecule has 0 saturated heterocycles. The van der Waals surface area contributed by atoms with Gasteiger partial charge in [0.15, 0.2) is 17.1 Å². The number of hydrogen-bond donors (Lipinski definition) is 3. The van der Waals surface area contributed by atoms with Gasteiger partial charge in [-0.15, -0.1) is 0 Å². The number of rotatable bonds is 7. The summed E-state index contributed by atoms with van der Waals surface area (Å²) in [6, 6.07) is 18.9. The summed E-state index contributed by atoms with van der Waals surface area (Å²) in [4.78, 5) is 13.1. The molecule has 0 aliphatic heterocycles. The Bertz CT molecular complexity index is 1050. The standard InChI is InChI=1S/C23H20Br2N2O4/c1-2-31-18-13-15(19(24)20(25)21(18)28)14-26-27-22(29)23(30,16-9-5-3-6-10-16)17-11-7-4-8-12-17/h3-14,28,30H,2H2,1H3,(H,27,29)/b26-14-. The number of carbonyl (C=O) groups is 1. The molecule has 6 nitrogen and oxygen atoms in total. The number of ether oxygens (including phenoxy) is 1. The van der Waals surface area contributed by atoms with Gasteiger partial charge < -0.3 is 14.9 Å². The molecule has 160 valence electrons. The van der Waals surface area contributed by atoms with Gasteiger partial charge in [0.25, 0.3) is 5.91 Å². The lowest BCUT2D eigenvalue weighted by molar-refractivity contribution is -0.136. The van der Waals surface area contributed by atoms with Crippen LogP contribution in [-0.4, -0.2) is 28.9 Å². The van der Waals surface area contributed by atoms with Gasteiger partial charge in [0, 0.05) is 10.0 Å². The molecule has 0 aliphatic carbocycles. The third-order valence-corrected chi connectivity index (χ3v) is 6.71. The molecule has 0 aromatic heterocycles. The zero-order valence-electron chi connectivity index (χ0n) is 16.5. The van der Waals surface area contributed by atoms with Crippen molar-refractivity contribution in [3.05, 3.63) is 92.4 Å². The first-order chi connectivity index (χ1) is 14.9. The zero-order valence-corrected chi connectivity index (χ0v) is 19.7. The average molecular weight is 548 g/mol. The lowest BCUT2D eigenvalue weighted by Gasteiger charge is -2.27. The minimum Gasteiger partial charge on any atom is -0.503 e. The monoisotopic (exact) mass is 546 g/mol. The Balaban J connectivity index is 1.92. The molecule has 0 fully saturated rings. The summed E-state index contributed by atoms with van der Waals surface area (Å²) in [6.45, 7) is 2.17. The maximum atomic E-state index is 13.1. The quantitative estimate of drug-likeness (QED) is 0.295. The number of amides is 1. The van der Waals surface area contributed by atoms with Gasteiger partial charge in [0.05, 0.1) is 17.3 Å². The average Bonchev–Trinajstić information content (AvgIpc) is 2.81. The molecule has 0 atom stereocenters. The van der Waals surface area contributed by atoms with Gasteiger partial charge in [-0.05, 0) is 56.0 Å². The maximum absolute atomic E-state index is 13.1. The van der Waals surface area contributed by atoms with Crippen LogP contribution in [0.15, 0.2) is 80.8 Å². The van der Waals surface area contributed by atoms with Crippen molar-refractivity contribution in [3.8, 4) is 11.5 Å². The molecule has 0 spiro atoms. The van der Waals surface area contributed by atoms with Crippen molar-refractivity contribution in [1.82, 2.24) is 5.43 Å². The first-order valence-electron chi connectivity index (χ1n) is 9.40. The second-order valence-corrected chi connectivity index (χ2v) is 8.10. The number of hydrogen-bond acceptors (Lipinski definition) is 5. The van der Waals surface area contributed by atoms with Crippen LogP contribution in [0.1, 0.15) is 23.6 Å². The molecule has 3 aromatic rings. The summed E-state index contributed by atoms with van der Waals surface area (Å²) < 4.78 is 6.36. The number of hydrazone groups is 1. The highest BCUT2D eigenvalue weighted by Crippen LogP contribution is 2.41. The van der Waals surface area contributed by atoms with E-state index in [4.69, 9.17) is 4.74 Å². The van der Waals surface area contributed by atoms with Crippen LogP contribution in [0.25, 0.3) is 0 Å². The lowest BCUT2D eigenvalue weighted by atomic mass is 9.85. The zero-order chi connectivity index (χ0) is 22.4. The molecule has 3 aromatic carbocycles. The third-order valence-electron chi connectivity index (χ3n) is 4.56. The first-order valence-corrected chi connectivity index (χ1v) is 11.0. The fraction of sp³-hybridized carbons (Fsp3) is 0.130. The number of aromatic hydroxyl groups is 1. The van der Waals surface area contributed by atoms with Crippen molar-refractivity contribution in [2.24, 2.45) is 5.10 Å². The number of nitrogens with one attached hydrogen (secondary N) is 1. The number of phenols is 1. The van der Waals surface area contributed by atoms with Crippen LogP contribution >= 0.6 is 31.9 Å². The third kappa shape index (κ3) is 4.81. The Morgan fingerprint density at radius 2 is 1.61 bits per heavy atom. The van der Waals surface area contributed by atoms with Crippen LogP contribution in [-0.2, 0) is 10.4 Å². The number of phenolic OH excluding ortho intramolecular Hbond substituents is 1. The largest absolute Gasteiger partial charge is 0.503 e. The van der Waals surface area contributed by atoms with Gasteiger partial charge >= 0.3 is 0 Å². The van der Waals surface area contributed by atoms with Gasteiger partial charge in [-0.1, -0.05) is 60.7 Å². The Morgan fingerprint density at radius 1 is 1.06 bits per heavy atom. The fourth-order valence-corrected chi connectivity index (χ4v) is 3.83. The Kier molecular flexibility index (Phi) is 7.48. The molecule has 3 N–H and O–H groups in total. The Labute approximate surface area is 196 Å². The first kappa shape index (κ1) is 23.0. The van der Waals surface area contributed by atoms with Gasteiger partial charge in [-0.25, -0.2) is 5.43 Å². The molecule has 0 radical (unpaired) electrons. The number of nitrogens with zero attached hydrogens (tertiary/aromatic N) is 1. The van der Waals surface area contributed by atoms with Crippen LogP contribution in [0.3, 0.4) is 0 Å². The van der Waals surface area contributed by atoms with E-state index in [1.165, 1.54) is 6.21 Å². The van der Waals surface area contributed by atoms with Crippen LogP contribution in [0.4, 0.5) is 0 Å². The smallest absolute Gasteiger partial charge is 0.281 e. The topological polar surface area (TPSA) is 91.2 Å². The molecule has 0 unspecified atom stereocenters. The molecule has 1 amide bonds. The second kappa shape index (κ2) is 10.1. The molecule has 3 rings (SSSR count). The number of halogens is 2. The maximum Gasteiger partial charge on any atom is 0.281 e. The highest BCUT2D eigenvalue weighted by Gasteiger charge is 2.39. The fourth-order valence-electron chi connectivity index (χ4n) is 3.00. The van der Waals surface area contributed by atoms with E-state index in [1.807, 2.05) is 0 Å². The Hall–Kier alpha value is -2.68. The molecule has 8 heteroatoms. The number of benzene rings is 3. The summed E-state index contributed by atoms with van der Waals surface area (Å²) in [5.41, 5.74) is 1.88. The molecule has 0 aliphatic rings. The lowest BCUT2D eigenvalue weighted by Crippen LogP contribution is -2.43. The normalized spacial score (nSPS) is 11.5. The molecule has 0 bridgehead atoms. The summed E-state index contributed by atoms with van der Waals surface area (Å²) >= 11 is 6.68. The van der Waals surface area contributed by atoms with Crippen molar-refractivity contribution in [2.75, 3.05) is 6.61 Å². The SMILES string of the molecule is CCOc1cc(/C=N\NC(=O)C(O)(c2ccccc2)c2ccccc2)c(Br)c(Br)c1O. The van der Waals surface area contributed by atoms with Gasteiger partial charge in [0.1, 0.15) is 0 Å².